The number of amides is 1. The van der Waals surface area contributed by atoms with Gasteiger partial charge in [0.15, 0.2) is 5.76 Å². The molecule has 1 saturated carbocycles. The normalized spacial score (nSPS) is 14.3. The van der Waals surface area contributed by atoms with E-state index in [0.717, 1.165) is 34.6 Å². The summed E-state index contributed by atoms with van der Waals surface area (Å²) in [5.41, 5.74) is 2.04. The van der Waals surface area contributed by atoms with Crippen molar-refractivity contribution in [1.29, 1.82) is 0 Å². The lowest BCUT2D eigenvalue weighted by molar-refractivity contribution is -0.117. The molecule has 3 aromatic rings. The number of anilines is 1. The van der Waals surface area contributed by atoms with E-state index in [1.807, 2.05) is 30.3 Å². The number of carbonyl (C=O) groups excluding carboxylic acids is 1. The van der Waals surface area contributed by atoms with E-state index < -0.39 is 10.0 Å². The second-order valence-corrected chi connectivity index (χ2v) is 10.2. The Morgan fingerprint density at radius 1 is 1.20 bits per heavy atom. The molecule has 156 valence electrons. The molecule has 2 heterocycles. The standard InChI is InChI=1S/C21H21N3O4S2/c1-14-20(23-21(25)16-7-8-16)18(28-24-14)11-9-17-10-12-19(29-17)30(26,27)22-13-15-5-3-2-4-6-15/h2-6,9-12,16,22H,7-8,13H2,1H3,(H,23,25). The van der Waals surface area contributed by atoms with E-state index in [0.29, 0.717) is 17.1 Å². The van der Waals surface area contributed by atoms with Gasteiger partial charge in [-0.2, -0.15) is 0 Å². The van der Waals surface area contributed by atoms with E-state index in [1.165, 1.54) is 0 Å². The number of carbonyl (C=O) groups is 1. The van der Waals surface area contributed by atoms with Gasteiger partial charge in [-0.3, -0.25) is 4.79 Å². The van der Waals surface area contributed by atoms with Gasteiger partial charge in [-0.05, 0) is 49.6 Å². The highest BCUT2D eigenvalue weighted by Gasteiger charge is 2.30. The molecule has 0 aliphatic heterocycles. The zero-order valence-corrected chi connectivity index (χ0v) is 17.9. The van der Waals surface area contributed by atoms with Gasteiger partial charge >= 0.3 is 0 Å². The Morgan fingerprint density at radius 3 is 2.70 bits per heavy atom. The van der Waals surface area contributed by atoms with Crippen molar-refractivity contribution in [3.63, 3.8) is 0 Å². The van der Waals surface area contributed by atoms with Crippen LogP contribution < -0.4 is 10.0 Å². The Labute approximate surface area is 178 Å². The Hall–Kier alpha value is -2.75. The van der Waals surface area contributed by atoms with Gasteiger partial charge in [0.1, 0.15) is 15.6 Å². The summed E-state index contributed by atoms with van der Waals surface area (Å²) in [4.78, 5) is 12.8. The Morgan fingerprint density at radius 2 is 1.97 bits per heavy atom. The number of sulfonamides is 1. The number of thiophene rings is 1. The third-order valence-electron chi connectivity index (χ3n) is 4.66. The predicted octanol–water partition coefficient (Wildman–Crippen LogP) is 4.04. The van der Waals surface area contributed by atoms with Gasteiger partial charge in [-0.25, -0.2) is 13.1 Å². The van der Waals surface area contributed by atoms with Crippen molar-refractivity contribution in [3.8, 4) is 0 Å². The molecule has 4 rings (SSSR count). The maximum atomic E-state index is 12.5. The Bertz CT molecular complexity index is 1180. The van der Waals surface area contributed by atoms with Gasteiger partial charge in [0.25, 0.3) is 0 Å². The van der Waals surface area contributed by atoms with E-state index in [-0.39, 0.29) is 22.6 Å². The average Bonchev–Trinajstić information content (AvgIpc) is 3.39. The molecule has 0 unspecified atom stereocenters. The van der Waals surface area contributed by atoms with Crippen LogP contribution in [0.1, 0.15) is 34.7 Å². The first-order valence-electron chi connectivity index (χ1n) is 9.51. The van der Waals surface area contributed by atoms with Gasteiger partial charge in [0.2, 0.25) is 15.9 Å². The van der Waals surface area contributed by atoms with Crippen molar-refractivity contribution in [2.45, 2.75) is 30.5 Å². The van der Waals surface area contributed by atoms with Crippen molar-refractivity contribution < 1.29 is 17.7 Å². The van der Waals surface area contributed by atoms with Crippen LogP contribution >= 0.6 is 11.3 Å². The topological polar surface area (TPSA) is 101 Å². The summed E-state index contributed by atoms with van der Waals surface area (Å²) in [5.74, 6) is 0.482. The van der Waals surface area contributed by atoms with Crippen LogP contribution in [0.3, 0.4) is 0 Å². The maximum absolute atomic E-state index is 12.5. The molecule has 2 aromatic heterocycles. The minimum absolute atomic E-state index is 0.0232. The minimum atomic E-state index is -3.60. The first-order chi connectivity index (χ1) is 14.4. The largest absolute Gasteiger partial charge is 0.354 e. The lowest BCUT2D eigenvalue weighted by Crippen LogP contribution is -2.22. The molecule has 0 atom stereocenters. The fourth-order valence-electron chi connectivity index (χ4n) is 2.80. The van der Waals surface area contributed by atoms with Crippen molar-refractivity contribution in [2.75, 3.05) is 5.32 Å². The molecule has 7 nitrogen and oxygen atoms in total. The third kappa shape index (κ3) is 4.86. The number of aryl methyl sites for hydroxylation is 1. The lowest BCUT2D eigenvalue weighted by atomic mass is 10.2. The van der Waals surface area contributed by atoms with Crippen LogP contribution in [-0.4, -0.2) is 19.5 Å². The molecule has 2 N–H and O–H groups in total. The molecule has 1 aromatic carbocycles. The zero-order chi connectivity index (χ0) is 21.1. The molecule has 1 fully saturated rings. The fourth-order valence-corrected chi connectivity index (χ4v) is 5.09. The molecule has 0 saturated heterocycles. The number of nitrogens with zero attached hydrogens (tertiary/aromatic N) is 1. The molecule has 30 heavy (non-hydrogen) atoms. The summed E-state index contributed by atoms with van der Waals surface area (Å²) < 4.78 is 33.2. The summed E-state index contributed by atoms with van der Waals surface area (Å²) in [6.45, 7) is 1.99. The second kappa shape index (κ2) is 8.55. The highest BCUT2D eigenvalue weighted by molar-refractivity contribution is 7.91. The van der Waals surface area contributed by atoms with E-state index in [2.05, 4.69) is 15.2 Å². The quantitative estimate of drug-likeness (QED) is 0.547. The minimum Gasteiger partial charge on any atom is -0.354 e. The predicted molar refractivity (Wildman–Crippen MR) is 116 cm³/mol. The second-order valence-electron chi connectivity index (χ2n) is 7.07. The molecule has 0 radical (unpaired) electrons. The first kappa shape index (κ1) is 20.5. The van der Waals surface area contributed by atoms with E-state index in [1.54, 1.807) is 31.2 Å². The van der Waals surface area contributed by atoms with Gasteiger partial charge < -0.3 is 9.84 Å². The number of hydrogen-bond donors (Lipinski definition) is 2. The van der Waals surface area contributed by atoms with Crippen LogP contribution in [-0.2, 0) is 21.4 Å². The van der Waals surface area contributed by atoms with Gasteiger partial charge in [-0.1, -0.05) is 35.5 Å². The van der Waals surface area contributed by atoms with E-state index >= 15 is 0 Å². The molecule has 9 heteroatoms. The van der Waals surface area contributed by atoms with Crippen LogP contribution in [0.4, 0.5) is 5.69 Å². The van der Waals surface area contributed by atoms with E-state index in [4.69, 9.17) is 4.52 Å². The molecule has 1 amide bonds. The molecular formula is C21H21N3O4S2. The number of benzene rings is 1. The van der Waals surface area contributed by atoms with Gasteiger partial charge in [-0.15, -0.1) is 11.3 Å². The van der Waals surface area contributed by atoms with Gasteiger partial charge in [0.05, 0.1) is 0 Å². The summed E-state index contributed by atoms with van der Waals surface area (Å²) in [7, 11) is -3.60. The monoisotopic (exact) mass is 443 g/mol. The fraction of sp³-hybridized carbons (Fsp3) is 0.238. The molecule has 1 aliphatic carbocycles. The Balaban J connectivity index is 1.44. The summed E-state index contributed by atoms with van der Waals surface area (Å²) in [6.07, 6.45) is 5.24. The molecule has 1 aliphatic rings. The molecular weight excluding hydrogens is 422 g/mol. The highest BCUT2D eigenvalue weighted by atomic mass is 32.2. The molecule has 0 bridgehead atoms. The van der Waals surface area contributed by atoms with Crippen molar-refractivity contribution in [1.82, 2.24) is 9.88 Å². The lowest BCUT2D eigenvalue weighted by Gasteiger charge is -2.04. The SMILES string of the molecule is Cc1noc(C=Cc2ccc(S(=O)(=O)NCc3ccccc3)s2)c1NC(=O)C1CC1. The highest BCUT2D eigenvalue weighted by Crippen LogP contribution is 2.32. The average molecular weight is 444 g/mol. The number of rotatable bonds is 8. The third-order valence-corrected chi connectivity index (χ3v) is 7.60. The Kier molecular flexibility index (Phi) is 5.85. The first-order valence-corrected chi connectivity index (χ1v) is 11.8. The molecule has 0 spiro atoms. The summed E-state index contributed by atoms with van der Waals surface area (Å²) in [5, 5.41) is 6.79. The van der Waals surface area contributed by atoms with Crippen LogP contribution in [0.2, 0.25) is 0 Å². The summed E-state index contributed by atoms with van der Waals surface area (Å²) in [6, 6.07) is 12.6. The number of aromatic nitrogens is 1. The zero-order valence-electron chi connectivity index (χ0n) is 16.3. The summed E-state index contributed by atoms with van der Waals surface area (Å²) >= 11 is 1.15. The van der Waals surface area contributed by atoms with Crippen LogP contribution in [0, 0.1) is 12.8 Å². The number of hydrogen-bond acceptors (Lipinski definition) is 6. The maximum Gasteiger partial charge on any atom is 0.250 e. The number of nitrogens with one attached hydrogen (secondary N) is 2. The van der Waals surface area contributed by atoms with Crippen molar-refractivity contribution >= 4 is 45.1 Å². The van der Waals surface area contributed by atoms with Crippen LogP contribution in [0.5, 0.6) is 0 Å². The van der Waals surface area contributed by atoms with E-state index in [9.17, 15) is 13.2 Å². The van der Waals surface area contributed by atoms with Crippen LogP contribution in [0.15, 0.2) is 51.2 Å². The van der Waals surface area contributed by atoms with Crippen LogP contribution in [0.25, 0.3) is 12.2 Å². The van der Waals surface area contributed by atoms with Gasteiger partial charge in [0, 0.05) is 17.3 Å². The smallest absolute Gasteiger partial charge is 0.250 e. The van der Waals surface area contributed by atoms with Crippen molar-refractivity contribution in [2.24, 2.45) is 5.92 Å². The van der Waals surface area contributed by atoms with Crippen molar-refractivity contribution in [3.05, 3.63) is 64.4 Å².